The Balaban J connectivity index is 1.70. The van der Waals surface area contributed by atoms with Crippen molar-refractivity contribution in [2.75, 3.05) is 6.54 Å². The minimum atomic E-state index is -1.05. The summed E-state index contributed by atoms with van der Waals surface area (Å²) in [6.45, 7) is -0.507. The van der Waals surface area contributed by atoms with E-state index in [2.05, 4.69) is 20.9 Å². The van der Waals surface area contributed by atoms with E-state index in [4.69, 9.17) is 5.11 Å². The van der Waals surface area contributed by atoms with E-state index in [0.29, 0.717) is 11.3 Å². The average Bonchev–Trinajstić information content (AvgIpc) is 2.97. The molecule has 0 radical (unpaired) electrons. The molecule has 9 nitrogen and oxygen atoms in total. The molecule has 0 atom stereocenters. The smallest absolute Gasteiger partial charge is 0.325 e. The molecule has 0 saturated carbocycles. The van der Waals surface area contributed by atoms with Crippen molar-refractivity contribution in [1.82, 2.24) is 25.6 Å². The van der Waals surface area contributed by atoms with Crippen molar-refractivity contribution in [3.63, 3.8) is 0 Å². The summed E-state index contributed by atoms with van der Waals surface area (Å²) < 4.78 is 14.2. The number of aromatic nitrogens is 3. The van der Waals surface area contributed by atoms with Gasteiger partial charge < -0.3 is 15.7 Å². The lowest BCUT2D eigenvalue weighted by molar-refractivity contribution is -0.138. The standard InChI is InChI=1S/C15H16FN5O4/c16-11-3-1-2-10(4-11)5-13(22)18-7-14(23)17-6-12-8-21(20-19-12)9-15(24)25/h1-4,8H,5-7,9H2,(H,17,23)(H,18,22)(H,24,25). The van der Waals surface area contributed by atoms with Crippen LogP contribution in [0.25, 0.3) is 0 Å². The molecule has 1 aromatic heterocycles. The fraction of sp³-hybridized carbons (Fsp3) is 0.267. The van der Waals surface area contributed by atoms with E-state index in [-0.39, 0.29) is 26.1 Å². The Morgan fingerprint density at radius 3 is 2.72 bits per heavy atom. The zero-order valence-electron chi connectivity index (χ0n) is 13.1. The molecule has 2 aromatic rings. The number of halogens is 1. The lowest BCUT2D eigenvalue weighted by Gasteiger charge is -2.06. The summed E-state index contributed by atoms with van der Waals surface area (Å²) in [6.07, 6.45) is 1.37. The molecule has 25 heavy (non-hydrogen) atoms. The van der Waals surface area contributed by atoms with Gasteiger partial charge in [0.25, 0.3) is 0 Å². The Bertz CT molecular complexity index is 777. The summed E-state index contributed by atoms with van der Waals surface area (Å²) in [5.41, 5.74) is 0.897. The van der Waals surface area contributed by atoms with Gasteiger partial charge in [0.1, 0.15) is 18.1 Å². The van der Waals surface area contributed by atoms with Crippen molar-refractivity contribution >= 4 is 17.8 Å². The van der Waals surface area contributed by atoms with Crippen molar-refractivity contribution in [3.05, 3.63) is 47.5 Å². The maximum absolute atomic E-state index is 13.0. The molecule has 0 aliphatic rings. The second kappa shape index (κ2) is 8.52. The fourth-order valence-corrected chi connectivity index (χ4v) is 1.96. The van der Waals surface area contributed by atoms with E-state index in [9.17, 15) is 18.8 Å². The van der Waals surface area contributed by atoms with Gasteiger partial charge in [0.15, 0.2) is 0 Å². The maximum Gasteiger partial charge on any atom is 0.325 e. The highest BCUT2D eigenvalue weighted by atomic mass is 19.1. The highest BCUT2D eigenvalue weighted by molar-refractivity contribution is 5.85. The molecule has 132 valence electrons. The molecule has 0 saturated heterocycles. The third kappa shape index (κ3) is 6.37. The molecule has 0 unspecified atom stereocenters. The monoisotopic (exact) mass is 349 g/mol. The fourth-order valence-electron chi connectivity index (χ4n) is 1.96. The summed E-state index contributed by atoms with van der Waals surface area (Å²) >= 11 is 0. The first kappa shape index (κ1) is 18.0. The van der Waals surface area contributed by atoms with Gasteiger partial charge in [0.2, 0.25) is 11.8 Å². The zero-order valence-corrected chi connectivity index (χ0v) is 13.1. The molecular weight excluding hydrogens is 333 g/mol. The molecule has 0 fully saturated rings. The first-order chi connectivity index (χ1) is 11.9. The van der Waals surface area contributed by atoms with E-state index < -0.39 is 23.6 Å². The van der Waals surface area contributed by atoms with Crippen LogP contribution >= 0.6 is 0 Å². The van der Waals surface area contributed by atoms with Gasteiger partial charge >= 0.3 is 5.97 Å². The van der Waals surface area contributed by atoms with Crippen LogP contribution in [0, 0.1) is 5.82 Å². The number of amides is 2. The number of carboxylic acids is 1. The van der Waals surface area contributed by atoms with Crippen LogP contribution in [0.15, 0.2) is 30.5 Å². The predicted octanol–water partition coefficient (Wildman–Crippen LogP) is -0.523. The van der Waals surface area contributed by atoms with Crippen LogP contribution in [0.5, 0.6) is 0 Å². The van der Waals surface area contributed by atoms with Crippen LogP contribution < -0.4 is 10.6 Å². The summed E-state index contributed by atoms with van der Waals surface area (Å²) in [6, 6.07) is 5.65. The number of carboxylic acid groups (broad SMARTS) is 1. The van der Waals surface area contributed by atoms with E-state index in [1.807, 2.05) is 0 Å². The summed E-state index contributed by atoms with van der Waals surface area (Å²) in [5, 5.41) is 20.9. The van der Waals surface area contributed by atoms with E-state index in [1.165, 1.54) is 24.4 Å². The highest BCUT2D eigenvalue weighted by Crippen LogP contribution is 2.03. The number of aliphatic carboxylic acids is 1. The van der Waals surface area contributed by atoms with Crippen molar-refractivity contribution in [2.24, 2.45) is 0 Å². The van der Waals surface area contributed by atoms with Crippen molar-refractivity contribution < 1.29 is 23.9 Å². The van der Waals surface area contributed by atoms with Crippen LogP contribution in [0.4, 0.5) is 4.39 Å². The largest absolute Gasteiger partial charge is 0.480 e. The Morgan fingerprint density at radius 2 is 2.00 bits per heavy atom. The van der Waals surface area contributed by atoms with Gasteiger partial charge in [-0.3, -0.25) is 14.4 Å². The molecule has 0 spiro atoms. The normalized spacial score (nSPS) is 10.3. The van der Waals surface area contributed by atoms with Gasteiger partial charge in [-0.15, -0.1) is 5.10 Å². The maximum atomic E-state index is 13.0. The molecule has 1 heterocycles. The van der Waals surface area contributed by atoms with Crippen LogP contribution in [0.2, 0.25) is 0 Å². The lowest BCUT2D eigenvalue weighted by atomic mass is 10.1. The first-order valence-electron chi connectivity index (χ1n) is 7.31. The van der Waals surface area contributed by atoms with Crippen LogP contribution in [0.3, 0.4) is 0 Å². The van der Waals surface area contributed by atoms with E-state index in [0.717, 1.165) is 4.68 Å². The van der Waals surface area contributed by atoms with Gasteiger partial charge in [-0.1, -0.05) is 17.3 Å². The number of rotatable bonds is 8. The van der Waals surface area contributed by atoms with Gasteiger partial charge in [0, 0.05) is 0 Å². The zero-order chi connectivity index (χ0) is 18.2. The van der Waals surface area contributed by atoms with Crippen molar-refractivity contribution in [2.45, 2.75) is 19.5 Å². The van der Waals surface area contributed by atoms with Gasteiger partial charge in [-0.05, 0) is 17.7 Å². The average molecular weight is 349 g/mol. The molecule has 0 bridgehead atoms. The Morgan fingerprint density at radius 1 is 1.20 bits per heavy atom. The highest BCUT2D eigenvalue weighted by Gasteiger charge is 2.09. The number of benzene rings is 1. The first-order valence-corrected chi connectivity index (χ1v) is 7.31. The molecule has 0 aliphatic heterocycles. The number of nitrogens with zero attached hydrogens (tertiary/aromatic N) is 3. The molecule has 0 aliphatic carbocycles. The minimum Gasteiger partial charge on any atom is -0.480 e. The van der Waals surface area contributed by atoms with Crippen LogP contribution in [0.1, 0.15) is 11.3 Å². The predicted molar refractivity (Wildman–Crippen MR) is 82.6 cm³/mol. The van der Waals surface area contributed by atoms with Crippen LogP contribution in [-0.2, 0) is 33.9 Å². The summed E-state index contributed by atoms with van der Waals surface area (Å²) in [5.74, 6) is -2.34. The molecule has 2 rings (SSSR count). The second-order valence-corrected chi connectivity index (χ2v) is 5.16. The van der Waals surface area contributed by atoms with Gasteiger partial charge in [-0.25, -0.2) is 9.07 Å². The molecular formula is C15H16FN5O4. The van der Waals surface area contributed by atoms with Crippen molar-refractivity contribution in [3.8, 4) is 0 Å². The third-order valence-electron chi connectivity index (χ3n) is 3.05. The third-order valence-corrected chi connectivity index (χ3v) is 3.05. The minimum absolute atomic E-state index is 0.0332. The van der Waals surface area contributed by atoms with Gasteiger partial charge in [-0.2, -0.15) is 0 Å². The second-order valence-electron chi connectivity index (χ2n) is 5.16. The quantitative estimate of drug-likeness (QED) is 0.588. The number of carbonyl (C=O) groups excluding carboxylic acids is 2. The number of hydrogen-bond acceptors (Lipinski definition) is 5. The molecule has 2 amide bonds. The number of hydrogen-bond donors (Lipinski definition) is 3. The molecule has 3 N–H and O–H groups in total. The number of nitrogens with one attached hydrogen (secondary N) is 2. The Labute approximate surface area is 141 Å². The molecule has 1 aromatic carbocycles. The van der Waals surface area contributed by atoms with Crippen molar-refractivity contribution in [1.29, 1.82) is 0 Å². The molecule has 10 heteroatoms. The lowest BCUT2D eigenvalue weighted by Crippen LogP contribution is -2.37. The Kier molecular flexibility index (Phi) is 6.15. The topological polar surface area (TPSA) is 126 Å². The van der Waals surface area contributed by atoms with E-state index in [1.54, 1.807) is 6.07 Å². The van der Waals surface area contributed by atoms with Gasteiger partial charge in [0.05, 0.1) is 25.7 Å². The summed E-state index contributed by atoms with van der Waals surface area (Å²) in [7, 11) is 0. The van der Waals surface area contributed by atoms with Crippen LogP contribution in [-0.4, -0.2) is 44.4 Å². The number of carbonyl (C=O) groups is 3. The summed E-state index contributed by atoms with van der Waals surface area (Å²) in [4.78, 5) is 33.9. The van der Waals surface area contributed by atoms with E-state index >= 15 is 0 Å². The SMILES string of the molecule is O=C(O)Cn1cc(CNC(=O)CNC(=O)Cc2cccc(F)c2)nn1. The Hall–Kier alpha value is -3.30.